The minimum atomic E-state index is -0.330. The van der Waals surface area contributed by atoms with E-state index < -0.39 is 0 Å². The molecule has 2 unspecified atom stereocenters. The third kappa shape index (κ3) is 1.52. The van der Waals surface area contributed by atoms with Crippen molar-refractivity contribution in [3.63, 3.8) is 0 Å². The molecule has 0 saturated heterocycles. The lowest BCUT2D eigenvalue weighted by atomic mass is 9.77. The molecule has 1 rings (SSSR count). The van der Waals surface area contributed by atoms with Gasteiger partial charge in [-0.3, -0.25) is 0 Å². The van der Waals surface area contributed by atoms with Crippen molar-refractivity contribution in [2.45, 2.75) is 58.5 Å². The second-order valence-corrected chi connectivity index (χ2v) is 4.30. The smallest absolute Gasteiger partial charge is 0.0701 e. The van der Waals surface area contributed by atoms with Crippen molar-refractivity contribution in [2.75, 3.05) is 0 Å². The van der Waals surface area contributed by atoms with Gasteiger partial charge in [-0.05, 0) is 24.7 Å². The standard InChI is InChI=1S/C11H22O/c1-4-10(5-2)11(12)8-6-7-9(11)3/h9-10,12H,4-8H2,1-3H3. The Balaban J connectivity index is 2.67. The van der Waals surface area contributed by atoms with Gasteiger partial charge in [-0.1, -0.05) is 40.0 Å². The maximum absolute atomic E-state index is 10.4. The van der Waals surface area contributed by atoms with Crippen LogP contribution >= 0.6 is 0 Å². The first-order chi connectivity index (χ1) is 5.65. The molecule has 2 atom stereocenters. The highest BCUT2D eigenvalue weighted by atomic mass is 16.3. The first kappa shape index (κ1) is 10.0. The van der Waals surface area contributed by atoms with Gasteiger partial charge in [-0.25, -0.2) is 0 Å². The highest BCUT2D eigenvalue weighted by molar-refractivity contribution is 4.94. The van der Waals surface area contributed by atoms with Gasteiger partial charge in [0, 0.05) is 0 Å². The Morgan fingerprint density at radius 1 is 1.42 bits per heavy atom. The molecular weight excluding hydrogens is 148 g/mol. The fourth-order valence-corrected chi connectivity index (χ4v) is 2.79. The van der Waals surface area contributed by atoms with E-state index in [1.807, 2.05) is 0 Å². The first-order valence-corrected chi connectivity index (χ1v) is 5.37. The molecule has 1 heteroatoms. The Kier molecular flexibility index (Phi) is 3.16. The van der Waals surface area contributed by atoms with Crippen LogP contribution in [0.25, 0.3) is 0 Å². The molecule has 1 saturated carbocycles. The summed E-state index contributed by atoms with van der Waals surface area (Å²) < 4.78 is 0. The van der Waals surface area contributed by atoms with Crippen LogP contribution in [0.5, 0.6) is 0 Å². The Hall–Kier alpha value is -0.0400. The van der Waals surface area contributed by atoms with Crippen molar-refractivity contribution in [3.8, 4) is 0 Å². The third-order valence-electron chi connectivity index (χ3n) is 3.76. The van der Waals surface area contributed by atoms with Gasteiger partial charge in [0.2, 0.25) is 0 Å². The largest absolute Gasteiger partial charge is 0.389 e. The molecule has 0 bridgehead atoms. The molecule has 12 heavy (non-hydrogen) atoms. The minimum absolute atomic E-state index is 0.330. The molecule has 0 radical (unpaired) electrons. The fraction of sp³-hybridized carbons (Fsp3) is 1.00. The lowest BCUT2D eigenvalue weighted by Gasteiger charge is -2.35. The van der Waals surface area contributed by atoms with E-state index >= 15 is 0 Å². The summed E-state index contributed by atoms with van der Waals surface area (Å²) in [4.78, 5) is 0. The van der Waals surface area contributed by atoms with Gasteiger partial charge in [-0.2, -0.15) is 0 Å². The van der Waals surface area contributed by atoms with E-state index in [0.29, 0.717) is 11.8 Å². The maximum atomic E-state index is 10.4. The Labute approximate surface area is 76.2 Å². The Bertz CT molecular complexity index is 140. The predicted octanol–water partition coefficient (Wildman–Crippen LogP) is 2.97. The second-order valence-electron chi connectivity index (χ2n) is 4.30. The summed E-state index contributed by atoms with van der Waals surface area (Å²) in [5.41, 5.74) is -0.330. The highest BCUT2D eigenvalue weighted by Crippen LogP contribution is 2.43. The van der Waals surface area contributed by atoms with Crippen molar-refractivity contribution in [2.24, 2.45) is 11.8 Å². The summed E-state index contributed by atoms with van der Waals surface area (Å²) in [6, 6.07) is 0. The van der Waals surface area contributed by atoms with E-state index in [4.69, 9.17) is 0 Å². The molecule has 1 aliphatic carbocycles. The summed E-state index contributed by atoms with van der Waals surface area (Å²) in [6.45, 7) is 6.58. The van der Waals surface area contributed by atoms with Crippen LogP contribution < -0.4 is 0 Å². The lowest BCUT2D eigenvalue weighted by Crippen LogP contribution is -2.39. The molecule has 0 aromatic carbocycles. The molecule has 0 heterocycles. The average Bonchev–Trinajstić information content (AvgIpc) is 2.36. The van der Waals surface area contributed by atoms with E-state index in [1.165, 1.54) is 12.8 Å². The quantitative estimate of drug-likeness (QED) is 0.690. The molecular formula is C11H22O. The van der Waals surface area contributed by atoms with Crippen LogP contribution in [-0.4, -0.2) is 10.7 Å². The second kappa shape index (κ2) is 3.78. The van der Waals surface area contributed by atoms with Crippen LogP contribution in [0.1, 0.15) is 52.9 Å². The predicted molar refractivity (Wildman–Crippen MR) is 52.0 cm³/mol. The Morgan fingerprint density at radius 2 is 2.00 bits per heavy atom. The monoisotopic (exact) mass is 170 g/mol. The summed E-state index contributed by atoms with van der Waals surface area (Å²) in [7, 11) is 0. The van der Waals surface area contributed by atoms with Crippen molar-refractivity contribution in [1.29, 1.82) is 0 Å². The van der Waals surface area contributed by atoms with E-state index in [2.05, 4.69) is 20.8 Å². The van der Waals surface area contributed by atoms with Gasteiger partial charge >= 0.3 is 0 Å². The minimum Gasteiger partial charge on any atom is -0.389 e. The summed E-state index contributed by atoms with van der Waals surface area (Å²) in [5.74, 6) is 1.04. The first-order valence-electron chi connectivity index (χ1n) is 5.37. The van der Waals surface area contributed by atoms with Crippen molar-refractivity contribution in [3.05, 3.63) is 0 Å². The van der Waals surface area contributed by atoms with Crippen LogP contribution in [0.4, 0.5) is 0 Å². The van der Waals surface area contributed by atoms with Crippen LogP contribution in [-0.2, 0) is 0 Å². The molecule has 0 aliphatic heterocycles. The number of rotatable bonds is 3. The zero-order valence-corrected chi connectivity index (χ0v) is 8.64. The van der Waals surface area contributed by atoms with Gasteiger partial charge in [-0.15, -0.1) is 0 Å². The molecule has 1 aliphatic rings. The molecule has 0 aromatic rings. The van der Waals surface area contributed by atoms with Gasteiger partial charge in [0.05, 0.1) is 5.60 Å². The summed E-state index contributed by atoms with van der Waals surface area (Å²) in [5, 5.41) is 10.4. The Morgan fingerprint density at radius 3 is 2.33 bits per heavy atom. The average molecular weight is 170 g/mol. The van der Waals surface area contributed by atoms with Crippen LogP contribution in [0.3, 0.4) is 0 Å². The lowest BCUT2D eigenvalue weighted by molar-refractivity contribution is -0.0491. The highest BCUT2D eigenvalue weighted by Gasteiger charge is 2.42. The van der Waals surface area contributed by atoms with Gasteiger partial charge in [0.25, 0.3) is 0 Å². The molecule has 0 spiro atoms. The van der Waals surface area contributed by atoms with Crippen molar-refractivity contribution < 1.29 is 5.11 Å². The van der Waals surface area contributed by atoms with E-state index in [0.717, 1.165) is 19.3 Å². The fourth-order valence-electron chi connectivity index (χ4n) is 2.79. The molecule has 0 amide bonds. The van der Waals surface area contributed by atoms with E-state index in [9.17, 15) is 5.11 Å². The number of aliphatic hydroxyl groups is 1. The normalized spacial score (nSPS) is 36.2. The van der Waals surface area contributed by atoms with E-state index in [1.54, 1.807) is 0 Å². The van der Waals surface area contributed by atoms with Crippen molar-refractivity contribution >= 4 is 0 Å². The molecule has 1 N–H and O–H groups in total. The van der Waals surface area contributed by atoms with Gasteiger partial charge in [0.1, 0.15) is 0 Å². The molecule has 0 aromatic heterocycles. The maximum Gasteiger partial charge on any atom is 0.0701 e. The summed E-state index contributed by atoms with van der Waals surface area (Å²) >= 11 is 0. The SMILES string of the molecule is CCC(CC)C1(O)CCCC1C. The van der Waals surface area contributed by atoms with Gasteiger partial charge < -0.3 is 5.11 Å². The zero-order valence-electron chi connectivity index (χ0n) is 8.64. The number of hydrogen-bond acceptors (Lipinski definition) is 1. The molecule has 1 fully saturated rings. The summed E-state index contributed by atoms with van der Waals surface area (Å²) in [6.07, 6.45) is 5.70. The van der Waals surface area contributed by atoms with Crippen LogP contribution in [0.2, 0.25) is 0 Å². The topological polar surface area (TPSA) is 20.2 Å². The zero-order chi connectivity index (χ0) is 9.19. The van der Waals surface area contributed by atoms with Crippen molar-refractivity contribution in [1.82, 2.24) is 0 Å². The molecule has 72 valence electrons. The third-order valence-corrected chi connectivity index (χ3v) is 3.76. The van der Waals surface area contributed by atoms with Crippen LogP contribution in [0, 0.1) is 11.8 Å². The molecule has 1 nitrogen and oxygen atoms in total. The van der Waals surface area contributed by atoms with Crippen LogP contribution in [0.15, 0.2) is 0 Å². The number of hydrogen-bond donors (Lipinski definition) is 1. The van der Waals surface area contributed by atoms with Gasteiger partial charge in [0.15, 0.2) is 0 Å². The van der Waals surface area contributed by atoms with E-state index in [-0.39, 0.29) is 5.60 Å².